The van der Waals surface area contributed by atoms with Crippen LogP contribution in [-0.4, -0.2) is 15.1 Å². The second-order valence-electron chi connectivity index (χ2n) is 18.6. The van der Waals surface area contributed by atoms with Crippen LogP contribution in [0.25, 0.3) is 77.6 Å². The van der Waals surface area contributed by atoms with Gasteiger partial charge in [-0.1, -0.05) is 127 Å². The van der Waals surface area contributed by atoms with Crippen molar-refractivity contribution in [2.75, 3.05) is 0 Å². The first kappa shape index (κ1) is 38.2. The molecule has 1 aliphatic carbocycles. The van der Waals surface area contributed by atoms with Crippen LogP contribution < -0.4 is 0 Å². The second kappa shape index (κ2) is 13.7. The van der Waals surface area contributed by atoms with Crippen molar-refractivity contribution in [2.24, 2.45) is 5.41 Å². The van der Waals surface area contributed by atoms with Crippen LogP contribution in [0.1, 0.15) is 104 Å². The topological polar surface area (TPSA) is 72.3 Å². The summed E-state index contributed by atoms with van der Waals surface area (Å²) >= 11 is 0. The second-order valence-corrected chi connectivity index (χ2v) is 18.6. The third-order valence-corrected chi connectivity index (χ3v) is 12.0. The molecule has 8 aromatic rings. The maximum atomic E-state index is 11.8. The molecule has 1 fully saturated rings. The molecule has 3 aromatic heterocycles. The van der Waals surface area contributed by atoms with E-state index in [-0.39, 0.29) is 37.6 Å². The Morgan fingerprint density at radius 2 is 1.52 bits per heavy atom. The number of aromatic nitrogens is 2. The van der Waals surface area contributed by atoms with E-state index in [1.165, 1.54) is 31.2 Å². The first-order valence-electron chi connectivity index (χ1n) is 19.7. The normalized spacial score (nSPS) is 15.2. The molecule has 0 radical (unpaired) electrons. The van der Waals surface area contributed by atoms with Gasteiger partial charge in [0, 0.05) is 49.3 Å². The zero-order valence-corrected chi connectivity index (χ0v) is 35.8. The molecule has 0 unspecified atom stereocenters. The molecule has 0 spiro atoms. The van der Waals surface area contributed by atoms with E-state index in [2.05, 4.69) is 128 Å². The number of fused-ring (bicyclic) bond motifs is 6. The Morgan fingerprint density at radius 3 is 2.27 bits per heavy atom. The monoisotopic (exact) mass is 920 g/mol. The zero-order valence-electron chi connectivity index (χ0n) is 33.5. The maximum Gasteiger partial charge on any atom is 0.230 e. The predicted octanol–water partition coefficient (Wildman–Crippen LogP) is 14.1. The number of phenolic OH excluding ortho intramolecular Hbond substituents is 1. The average Bonchev–Trinajstić information content (AvgIpc) is 3.76. The minimum atomic E-state index is -0.289. The SMILES string of the molecule is CC1(C)CCC(c2ccnc(-c3[c-]c(-c4cccc5oc(-c6cc(C(C)(C)C)cc(C(C)(C)C)c6O)nc45)c4oc5c6ccccc6ccc5c4c3)c2)CC1.[Pt]. The smallest absolute Gasteiger partial charge is 0.230 e. The standard InChI is InChI=1S/C50H49N2O3.Pt/c1-48(2,3)33-27-39(44(53)40(28-33)49(4,5)6)47-52-43-35(14-11-15-42(43)54-47)37-24-32(41-26-31(20-23-51-41)29-18-21-50(7,8)22-19-29)25-38-36-17-16-30-12-9-10-13-34(30)45(36)55-46(37)38;/h9-17,20,23,25-29,53H,18-19,21-22H2,1-8H3;/q-1;. The molecule has 3 heterocycles. The molecule has 0 saturated heterocycles. The summed E-state index contributed by atoms with van der Waals surface area (Å²) < 4.78 is 13.4. The number of aromatic hydroxyl groups is 1. The van der Waals surface area contributed by atoms with Crippen molar-refractivity contribution in [3.8, 4) is 39.6 Å². The molecular weight excluding hydrogens is 872 g/mol. The van der Waals surface area contributed by atoms with Crippen LogP contribution in [0.2, 0.25) is 0 Å². The van der Waals surface area contributed by atoms with Crippen LogP contribution in [0.4, 0.5) is 0 Å². The summed E-state index contributed by atoms with van der Waals surface area (Å²) in [4.78, 5) is 10.1. The quantitative estimate of drug-likeness (QED) is 0.178. The van der Waals surface area contributed by atoms with Crippen LogP contribution >= 0.6 is 0 Å². The number of phenols is 1. The van der Waals surface area contributed by atoms with Gasteiger partial charge in [-0.25, -0.2) is 4.98 Å². The van der Waals surface area contributed by atoms with E-state index in [0.29, 0.717) is 33.9 Å². The van der Waals surface area contributed by atoms with Gasteiger partial charge < -0.3 is 13.9 Å². The fourth-order valence-corrected chi connectivity index (χ4v) is 8.52. The van der Waals surface area contributed by atoms with Crippen LogP contribution in [0.15, 0.2) is 100.0 Å². The number of hydrogen-bond acceptors (Lipinski definition) is 5. The van der Waals surface area contributed by atoms with Gasteiger partial charge in [-0.2, -0.15) is 0 Å². The molecule has 56 heavy (non-hydrogen) atoms. The van der Waals surface area contributed by atoms with E-state index in [0.717, 1.165) is 66.2 Å². The van der Waals surface area contributed by atoms with Gasteiger partial charge in [0.05, 0.1) is 16.7 Å². The molecule has 1 aliphatic rings. The Hall–Kier alpha value is -4.73. The number of oxazole rings is 1. The van der Waals surface area contributed by atoms with Gasteiger partial charge in [0.2, 0.25) is 5.89 Å². The minimum Gasteiger partial charge on any atom is -0.507 e. The fraction of sp³-hybridized carbons (Fsp3) is 0.320. The van der Waals surface area contributed by atoms with Crippen LogP contribution in [0.3, 0.4) is 0 Å². The van der Waals surface area contributed by atoms with Gasteiger partial charge in [0.25, 0.3) is 0 Å². The number of nitrogens with zero attached hydrogens (tertiary/aromatic N) is 2. The third-order valence-electron chi connectivity index (χ3n) is 12.0. The molecule has 5 nitrogen and oxygen atoms in total. The fourth-order valence-electron chi connectivity index (χ4n) is 8.52. The van der Waals surface area contributed by atoms with E-state index in [1.54, 1.807) is 0 Å². The minimum absolute atomic E-state index is 0. The summed E-state index contributed by atoms with van der Waals surface area (Å²) in [7, 11) is 0. The zero-order chi connectivity index (χ0) is 38.4. The summed E-state index contributed by atoms with van der Waals surface area (Å²) in [5, 5.41) is 16.0. The summed E-state index contributed by atoms with van der Waals surface area (Å²) in [5.74, 6) is 1.10. The Morgan fingerprint density at radius 1 is 0.750 bits per heavy atom. The molecular formula is C50H49N2O3Pt-. The van der Waals surface area contributed by atoms with Crippen molar-refractivity contribution in [3.63, 3.8) is 0 Å². The molecule has 0 amide bonds. The molecule has 5 aromatic carbocycles. The van der Waals surface area contributed by atoms with Gasteiger partial charge >= 0.3 is 0 Å². The number of para-hydroxylation sites is 1. The Labute approximate surface area is 343 Å². The number of rotatable bonds is 4. The average molecular weight is 921 g/mol. The van der Waals surface area contributed by atoms with Gasteiger partial charge in [-0.15, -0.1) is 12.1 Å². The Bertz CT molecular complexity index is 2780. The van der Waals surface area contributed by atoms with Crippen molar-refractivity contribution < 1.29 is 35.0 Å². The molecule has 9 rings (SSSR count). The van der Waals surface area contributed by atoms with Gasteiger partial charge in [0.15, 0.2) is 0 Å². The molecule has 6 heteroatoms. The summed E-state index contributed by atoms with van der Waals surface area (Å²) in [6.07, 6.45) is 6.79. The number of furan rings is 1. The van der Waals surface area contributed by atoms with Crippen LogP contribution in [0, 0.1) is 11.5 Å². The van der Waals surface area contributed by atoms with Crippen LogP contribution in [0.5, 0.6) is 5.75 Å². The van der Waals surface area contributed by atoms with E-state index < -0.39 is 0 Å². The Balaban J connectivity index is 0.00000441. The number of pyridine rings is 1. The first-order valence-corrected chi connectivity index (χ1v) is 19.7. The van der Waals surface area contributed by atoms with Gasteiger partial charge in [0.1, 0.15) is 16.9 Å². The molecule has 288 valence electrons. The van der Waals surface area contributed by atoms with E-state index >= 15 is 0 Å². The van der Waals surface area contributed by atoms with Crippen molar-refractivity contribution in [1.82, 2.24) is 9.97 Å². The third kappa shape index (κ3) is 6.66. The Kier molecular flexibility index (Phi) is 9.36. The van der Waals surface area contributed by atoms with E-state index in [9.17, 15) is 5.11 Å². The van der Waals surface area contributed by atoms with E-state index in [4.69, 9.17) is 18.8 Å². The number of benzene rings is 5. The first-order chi connectivity index (χ1) is 26.1. The van der Waals surface area contributed by atoms with Gasteiger partial charge in [-0.05, 0) is 93.5 Å². The molecule has 1 saturated carbocycles. The maximum absolute atomic E-state index is 11.8. The summed E-state index contributed by atoms with van der Waals surface area (Å²) in [6.45, 7) is 17.7. The molecule has 1 N–H and O–H groups in total. The largest absolute Gasteiger partial charge is 0.507 e. The van der Waals surface area contributed by atoms with Crippen LogP contribution in [-0.2, 0) is 31.9 Å². The molecule has 0 atom stereocenters. The van der Waals surface area contributed by atoms with Crippen molar-refractivity contribution in [1.29, 1.82) is 0 Å². The van der Waals surface area contributed by atoms with Crippen molar-refractivity contribution in [3.05, 3.63) is 114 Å². The van der Waals surface area contributed by atoms with Gasteiger partial charge in [-0.3, -0.25) is 4.98 Å². The van der Waals surface area contributed by atoms with Crippen molar-refractivity contribution >= 4 is 43.8 Å². The summed E-state index contributed by atoms with van der Waals surface area (Å²) in [5.41, 5.74) is 10.2. The van der Waals surface area contributed by atoms with Crippen molar-refractivity contribution in [2.45, 2.75) is 97.8 Å². The van der Waals surface area contributed by atoms with E-state index in [1.807, 2.05) is 24.4 Å². The molecule has 0 bridgehead atoms. The molecule has 0 aliphatic heterocycles. The summed E-state index contributed by atoms with van der Waals surface area (Å²) in [6, 6.07) is 33.3. The predicted molar refractivity (Wildman–Crippen MR) is 226 cm³/mol. The number of hydrogen-bond donors (Lipinski definition) is 1.